The van der Waals surface area contributed by atoms with Crippen LogP contribution >= 0.6 is 0 Å². The lowest BCUT2D eigenvalue weighted by Crippen LogP contribution is -2.43. The Balaban J connectivity index is 2.01. The molecule has 0 aromatic carbocycles. The average Bonchev–Trinajstić information content (AvgIpc) is 3.00. The van der Waals surface area contributed by atoms with E-state index in [4.69, 9.17) is 4.74 Å². The Bertz CT molecular complexity index is 458. The first-order chi connectivity index (χ1) is 10.6. The molecule has 0 N–H and O–H groups in total. The Kier molecular flexibility index (Phi) is 6.34. The second-order valence-corrected chi connectivity index (χ2v) is 6.28. The maximum atomic E-state index is 12.7. The number of carbonyl (C=O) groups excluding carboxylic acids is 1. The van der Waals surface area contributed by atoms with Crippen molar-refractivity contribution in [1.29, 1.82) is 0 Å². The SMILES string of the molecule is CC(C)N(C)CC(=O)N(Cc1cccnc1)C[C@H]1CCCO1. The molecule has 0 saturated carbocycles. The van der Waals surface area contributed by atoms with Crippen molar-refractivity contribution in [2.75, 3.05) is 26.7 Å². The fourth-order valence-electron chi connectivity index (χ4n) is 2.50. The Morgan fingerprint density at radius 3 is 2.91 bits per heavy atom. The normalized spacial score (nSPS) is 18.1. The van der Waals surface area contributed by atoms with Crippen LogP contribution in [0, 0.1) is 0 Å². The highest BCUT2D eigenvalue weighted by atomic mass is 16.5. The Hall–Kier alpha value is -1.46. The molecule has 0 aliphatic carbocycles. The standard InChI is InChI=1S/C17H27N3O2/c1-14(2)19(3)13-17(21)20(12-16-7-5-9-22-16)11-15-6-4-8-18-10-15/h4,6,8,10,14,16H,5,7,9,11-13H2,1-3H3/t16-/m1/s1. The lowest BCUT2D eigenvalue weighted by molar-refractivity contribution is -0.134. The first kappa shape index (κ1) is 16.9. The molecule has 2 rings (SSSR count). The number of hydrogen-bond donors (Lipinski definition) is 0. The summed E-state index contributed by atoms with van der Waals surface area (Å²) in [5.41, 5.74) is 1.06. The monoisotopic (exact) mass is 305 g/mol. The van der Waals surface area contributed by atoms with E-state index in [0.717, 1.165) is 25.0 Å². The number of nitrogens with zero attached hydrogens (tertiary/aromatic N) is 3. The molecular weight excluding hydrogens is 278 g/mol. The second-order valence-electron chi connectivity index (χ2n) is 6.28. The van der Waals surface area contributed by atoms with Gasteiger partial charge in [0.2, 0.25) is 5.91 Å². The Morgan fingerprint density at radius 2 is 2.32 bits per heavy atom. The van der Waals surface area contributed by atoms with Crippen LogP contribution in [0.25, 0.3) is 0 Å². The zero-order valence-corrected chi connectivity index (χ0v) is 13.9. The third kappa shape index (κ3) is 5.07. The zero-order chi connectivity index (χ0) is 15.9. The van der Waals surface area contributed by atoms with E-state index < -0.39 is 0 Å². The smallest absolute Gasteiger partial charge is 0.237 e. The van der Waals surface area contributed by atoms with E-state index >= 15 is 0 Å². The van der Waals surface area contributed by atoms with Gasteiger partial charge in [-0.05, 0) is 45.4 Å². The van der Waals surface area contributed by atoms with Gasteiger partial charge in [0.15, 0.2) is 0 Å². The molecule has 1 aromatic heterocycles. The van der Waals surface area contributed by atoms with Crippen LogP contribution in [0.15, 0.2) is 24.5 Å². The van der Waals surface area contributed by atoms with E-state index in [1.807, 2.05) is 30.3 Å². The fraction of sp³-hybridized carbons (Fsp3) is 0.647. The van der Waals surface area contributed by atoms with Gasteiger partial charge in [-0.2, -0.15) is 0 Å². The van der Waals surface area contributed by atoms with Gasteiger partial charge < -0.3 is 9.64 Å². The van der Waals surface area contributed by atoms with Gasteiger partial charge in [0.25, 0.3) is 0 Å². The van der Waals surface area contributed by atoms with E-state index in [0.29, 0.717) is 25.7 Å². The summed E-state index contributed by atoms with van der Waals surface area (Å²) in [4.78, 5) is 20.8. The maximum Gasteiger partial charge on any atom is 0.237 e. The first-order valence-electron chi connectivity index (χ1n) is 8.04. The van der Waals surface area contributed by atoms with Crippen LogP contribution in [-0.2, 0) is 16.1 Å². The molecule has 0 spiro atoms. The lowest BCUT2D eigenvalue weighted by atomic mass is 10.2. The summed E-state index contributed by atoms with van der Waals surface area (Å²) >= 11 is 0. The molecule has 1 fully saturated rings. The molecule has 0 bridgehead atoms. The molecule has 1 atom stereocenters. The van der Waals surface area contributed by atoms with Crippen molar-refractivity contribution in [1.82, 2.24) is 14.8 Å². The molecule has 2 heterocycles. The summed E-state index contributed by atoms with van der Waals surface area (Å²) in [5.74, 6) is 0.149. The van der Waals surface area contributed by atoms with Gasteiger partial charge in [-0.25, -0.2) is 0 Å². The largest absolute Gasteiger partial charge is 0.376 e. The summed E-state index contributed by atoms with van der Waals surface area (Å²) in [5, 5.41) is 0. The average molecular weight is 305 g/mol. The van der Waals surface area contributed by atoms with Crippen molar-refractivity contribution in [2.24, 2.45) is 0 Å². The third-order valence-corrected chi connectivity index (χ3v) is 4.16. The van der Waals surface area contributed by atoms with Crippen molar-refractivity contribution in [2.45, 2.75) is 45.4 Å². The second kappa shape index (κ2) is 8.25. The van der Waals surface area contributed by atoms with Gasteiger partial charge >= 0.3 is 0 Å². The van der Waals surface area contributed by atoms with Crippen molar-refractivity contribution in [3.05, 3.63) is 30.1 Å². The number of pyridine rings is 1. The van der Waals surface area contributed by atoms with Gasteiger partial charge in [0.1, 0.15) is 0 Å². The summed E-state index contributed by atoms with van der Waals surface area (Å²) in [6, 6.07) is 4.27. The minimum absolute atomic E-state index is 0.149. The molecule has 1 saturated heterocycles. The number of likely N-dealkylation sites (N-methyl/N-ethyl adjacent to an activating group) is 1. The molecule has 1 amide bonds. The van der Waals surface area contributed by atoms with Crippen LogP contribution in [0.4, 0.5) is 0 Å². The van der Waals surface area contributed by atoms with Gasteiger partial charge in [-0.1, -0.05) is 6.07 Å². The molecule has 122 valence electrons. The summed E-state index contributed by atoms with van der Waals surface area (Å²) in [6.07, 6.45) is 5.87. The molecule has 1 aliphatic heterocycles. The first-order valence-corrected chi connectivity index (χ1v) is 8.04. The van der Waals surface area contributed by atoms with E-state index in [-0.39, 0.29) is 12.0 Å². The van der Waals surface area contributed by atoms with Crippen molar-refractivity contribution in [3.63, 3.8) is 0 Å². The molecule has 1 aromatic rings. The highest BCUT2D eigenvalue weighted by molar-refractivity contribution is 5.78. The van der Waals surface area contributed by atoms with E-state index in [1.165, 1.54) is 0 Å². The predicted molar refractivity (Wildman–Crippen MR) is 86.4 cm³/mol. The van der Waals surface area contributed by atoms with Crippen LogP contribution in [0.3, 0.4) is 0 Å². The zero-order valence-electron chi connectivity index (χ0n) is 13.9. The molecule has 5 heteroatoms. The van der Waals surface area contributed by atoms with Crippen LogP contribution in [0.5, 0.6) is 0 Å². The highest BCUT2D eigenvalue weighted by Crippen LogP contribution is 2.15. The Labute approximate surface area is 133 Å². The third-order valence-electron chi connectivity index (χ3n) is 4.16. The van der Waals surface area contributed by atoms with Crippen LogP contribution < -0.4 is 0 Å². The molecule has 0 radical (unpaired) electrons. The minimum atomic E-state index is 0.149. The maximum absolute atomic E-state index is 12.7. The molecule has 22 heavy (non-hydrogen) atoms. The number of ether oxygens (including phenoxy) is 1. The van der Waals surface area contributed by atoms with Crippen LogP contribution in [0.2, 0.25) is 0 Å². The summed E-state index contributed by atoms with van der Waals surface area (Å²) in [6.45, 7) is 6.70. The number of rotatable bonds is 7. The van der Waals surface area contributed by atoms with Crippen molar-refractivity contribution < 1.29 is 9.53 Å². The van der Waals surface area contributed by atoms with Gasteiger partial charge in [-0.3, -0.25) is 14.7 Å². The van der Waals surface area contributed by atoms with Gasteiger partial charge in [0, 0.05) is 38.1 Å². The number of hydrogen-bond acceptors (Lipinski definition) is 4. The molecule has 0 unspecified atom stereocenters. The predicted octanol–water partition coefficient (Wildman–Crippen LogP) is 1.93. The number of aromatic nitrogens is 1. The molecular formula is C17H27N3O2. The van der Waals surface area contributed by atoms with Crippen molar-refractivity contribution in [3.8, 4) is 0 Å². The van der Waals surface area contributed by atoms with Crippen molar-refractivity contribution >= 4 is 5.91 Å². The van der Waals surface area contributed by atoms with E-state index in [9.17, 15) is 4.79 Å². The molecule has 5 nitrogen and oxygen atoms in total. The van der Waals surface area contributed by atoms with E-state index in [1.54, 1.807) is 6.20 Å². The van der Waals surface area contributed by atoms with Gasteiger partial charge in [0.05, 0.1) is 12.6 Å². The Morgan fingerprint density at radius 1 is 1.50 bits per heavy atom. The molecule has 1 aliphatic rings. The number of carbonyl (C=O) groups is 1. The van der Waals surface area contributed by atoms with E-state index in [2.05, 4.69) is 23.7 Å². The topological polar surface area (TPSA) is 45.7 Å². The van der Waals surface area contributed by atoms with Crippen LogP contribution in [-0.4, -0.2) is 59.6 Å². The highest BCUT2D eigenvalue weighted by Gasteiger charge is 2.23. The van der Waals surface area contributed by atoms with Gasteiger partial charge in [-0.15, -0.1) is 0 Å². The fourth-order valence-corrected chi connectivity index (χ4v) is 2.50. The summed E-state index contributed by atoms with van der Waals surface area (Å²) in [7, 11) is 1.98. The number of amides is 1. The summed E-state index contributed by atoms with van der Waals surface area (Å²) < 4.78 is 5.70. The minimum Gasteiger partial charge on any atom is -0.376 e. The lowest BCUT2D eigenvalue weighted by Gasteiger charge is -2.29. The quantitative estimate of drug-likeness (QED) is 0.772. The van der Waals surface area contributed by atoms with Crippen LogP contribution in [0.1, 0.15) is 32.3 Å².